The van der Waals surface area contributed by atoms with E-state index in [0.717, 1.165) is 16.7 Å². The van der Waals surface area contributed by atoms with Gasteiger partial charge in [0.2, 0.25) is 5.91 Å². The molecule has 26 heavy (non-hydrogen) atoms. The van der Waals surface area contributed by atoms with Gasteiger partial charge in [0.1, 0.15) is 0 Å². The molecule has 2 amide bonds. The molecule has 2 aromatic carbocycles. The first-order valence-electron chi connectivity index (χ1n) is 8.23. The SMILES string of the molecule is CC(=O)Nc1ccc(NC(=O)COC(=O)Cc2ccc(C)c(C)c2)cc1. The lowest BCUT2D eigenvalue weighted by Crippen LogP contribution is -2.21. The van der Waals surface area contributed by atoms with Gasteiger partial charge in [0.05, 0.1) is 6.42 Å². The van der Waals surface area contributed by atoms with Gasteiger partial charge in [-0.1, -0.05) is 18.2 Å². The van der Waals surface area contributed by atoms with Crippen molar-refractivity contribution >= 4 is 29.2 Å². The quantitative estimate of drug-likeness (QED) is 0.781. The number of carbonyl (C=O) groups is 3. The first-order valence-corrected chi connectivity index (χ1v) is 8.23. The molecule has 0 heterocycles. The van der Waals surface area contributed by atoms with E-state index in [1.165, 1.54) is 6.92 Å². The lowest BCUT2D eigenvalue weighted by atomic mass is 10.0. The molecule has 0 spiro atoms. The molecular weight excluding hydrogens is 332 g/mol. The minimum Gasteiger partial charge on any atom is -0.455 e. The van der Waals surface area contributed by atoms with Gasteiger partial charge in [0.15, 0.2) is 6.61 Å². The normalized spacial score (nSPS) is 10.1. The maximum absolute atomic E-state index is 11.9. The third-order valence-electron chi connectivity index (χ3n) is 3.77. The molecule has 0 saturated heterocycles. The van der Waals surface area contributed by atoms with E-state index in [2.05, 4.69) is 10.6 Å². The molecular formula is C20H22N2O4. The molecule has 0 radical (unpaired) electrons. The summed E-state index contributed by atoms with van der Waals surface area (Å²) in [5.41, 5.74) is 4.30. The number of rotatable bonds is 6. The summed E-state index contributed by atoms with van der Waals surface area (Å²) in [6.07, 6.45) is 0.125. The van der Waals surface area contributed by atoms with E-state index < -0.39 is 11.9 Å². The second-order valence-corrected chi connectivity index (χ2v) is 6.06. The monoisotopic (exact) mass is 354 g/mol. The van der Waals surface area contributed by atoms with Crippen molar-refractivity contribution in [3.05, 3.63) is 59.2 Å². The van der Waals surface area contributed by atoms with Crippen molar-refractivity contribution < 1.29 is 19.1 Å². The topological polar surface area (TPSA) is 84.5 Å². The smallest absolute Gasteiger partial charge is 0.310 e. The fourth-order valence-corrected chi connectivity index (χ4v) is 2.31. The van der Waals surface area contributed by atoms with Crippen molar-refractivity contribution in [1.82, 2.24) is 0 Å². The second-order valence-electron chi connectivity index (χ2n) is 6.06. The van der Waals surface area contributed by atoms with Crippen LogP contribution in [0.4, 0.5) is 11.4 Å². The van der Waals surface area contributed by atoms with E-state index in [-0.39, 0.29) is 18.9 Å². The minimum absolute atomic E-state index is 0.125. The third kappa shape index (κ3) is 6.05. The van der Waals surface area contributed by atoms with Crippen LogP contribution < -0.4 is 10.6 Å². The van der Waals surface area contributed by atoms with Crippen LogP contribution >= 0.6 is 0 Å². The Balaban J connectivity index is 1.79. The highest BCUT2D eigenvalue weighted by atomic mass is 16.5. The molecule has 2 N–H and O–H groups in total. The second kappa shape index (κ2) is 8.80. The van der Waals surface area contributed by atoms with Crippen LogP contribution in [0.5, 0.6) is 0 Å². The molecule has 0 aliphatic heterocycles. The Hall–Kier alpha value is -3.15. The van der Waals surface area contributed by atoms with Gasteiger partial charge < -0.3 is 15.4 Å². The molecule has 6 heteroatoms. The Kier molecular flexibility index (Phi) is 6.49. The van der Waals surface area contributed by atoms with Crippen molar-refractivity contribution in [2.75, 3.05) is 17.2 Å². The lowest BCUT2D eigenvalue weighted by Gasteiger charge is -2.08. The van der Waals surface area contributed by atoms with Crippen molar-refractivity contribution in [3.8, 4) is 0 Å². The van der Waals surface area contributed by atoms with Gasteiger partial charge in [-0.3, -0.25) is 14.4 Å². The van der Waals surface area contributed by atoms with Crippen molar-refractivity contribution in [2.45, 2.75) is 27.2 Å². The third-order valence-corrected chi connectivity index (χ3v) is 3.77. The van der Waals surface area contributed by atoms with Gasteiger partial charge in [0, 0.05) is 18.3 Å². The number of hydrogen-bond acceptors (Lipinski definition) is 4. The van der Waals surface area contributed by atoms with Gasteiger partial charge in [0.25, 0.3) is 5.91 Å². The van der Waals surface area contributed by atoms with Crippen LogP contribution in [0.1, 0.15) is 23.6 Å². The Morgan fingerprint density at radius 3 is 2.08 bits per heavy atom. The van der Waals surface area contributed by atoms with E-state index in [9.17, 15) is 14.4 Å². The van der Waals surface area contributed by atoms with Crippen molar-refractivity contribution in [1.29, 1.82) is 0 Å². The van der Waals surface area contributed by atoms with Crippen molar-refractivity contribution in [2.24, 2.45) is 0 Å². The summed E-state index contributed by atoms with van der Waals surface area (Å²) in [6.45, 7) is 5.05. The summed E-state index contributed by atoms with van der Waals surface area (Å²) in [5, 5.41) is 5.26. The highest BCUT2D eigenvalue weighted by Crippen LogP contribution is 2.14. The summed E-state index contributed by atoms with van der Waals surface area (Å²) in [6, 6.07) is 12.4. The molecule has 0 aliphatic rings. The lowest BCUT2D eigenvalue weighted by molar-refractivity contribution is -0.146. The summed E-state index contributed by atoms with van der Waals surface area (Å²) >= 11 is 0. The standard InChI is InChI=1S/C20H22N2O4/c1-13-4-5-16(10-14(13)2)11-20(25)26-12-19(24)22-18-8-6-17(7-9-18)21-15(3)23/h4-10H,11-12H2,1-3H3,(H,21,23)(H,22,24). The number of ether oxygens (including phenoxy) is 1. The molecule has 0 saturated carbocycles. The van der Waals surface area contributed by atoms with E-state index in [1.807, 2.05) is 32.0 Å². The van der Waals surface area contributed by atoms with E-state index in [4.69, 9.17) is 4.74 Å². The van der Waals surface area contributed by atoms with Gasteiger partial charge >= 0.3 is 5.97 Å². The first kappa shape index (κ1) is 19.2. The summed E-state index contributed by atoms with van der Waals surface area (Å²) in [7, 11) is 0. The van der Waals surface area contributed by atoms with Gasteiger partial charge in [-0.2, -0.15) is 0 Å². The number of nitrogens with one attached hydrogen (secondary N) is 2. The van der Waals surface area contributed by atoms with E-state index >= 15 is 0 Å². The van der Waals surface area contributed by atoms with Crippen molar-refractivity contribution in [3.63, 3.8) is 0 Å². The Morgan fingerprint density at radius 2 is 1.50 bits per heavy atom. The maximum Gasteiger partial charge on any atom is 0.310 e. The van der Waals surface area contributed by atoms with Crippen LogP contribution in [-0.2, 0) is 25.5 Å². The van der Waals surface area contributed by atoms with E-state index in [0.29, 0.717) is 11.4 Å². The average molecular weight is 354 g/mol. The molecule has 0 aliphatic carbocycles. The largest absolute Gasteiger partial charge is 0.455 e. The minimum atomic E-state index is -0.454. The molecule has 0 atom stereocenters. The molecule has 0 aromatic heterocycles. The maximum atomic E-state index is 11.9. The van der Waals surface area contributed by atoms with Crippen LogP contribution in [-0.4, -0.2) is 24.4 Å². The molecule has 136 valence electrons. The number of hydrogen-bond donors (Lipinski definition) is 2. The van der Waals surface area contributed by atoms with Gasteiger partial charge in [-0.05, 0) is 54.8 Å². The fourth-order valence-electron chi connectivity index (χ4n) is 2.31. The highest BCUT2D eigenvalue weighted by Gasteiger charge is 2.09. The molecule has 0 unspecified atom stereocenters. The van der Waals surface area contributed by atoms with E-state index in [1.54, 1.807) is 24.3 Å². The number of aryl methyl sites for hydroxylation is 2. The number of esters is 1. The van der Waals surface area contributed by atoms with Crippen LogP contribution in [0.2, 0.25) is 0 Å². The molecule has 0 fully saturated rings. The van der Waals surface area contributed by atoms with Crippen LogP contribution in [0.3, 0.4) is 0 Å². The molecule has 2 aromatic rings. The number of anilines is 2. The number of benzene rings is 2. The Bertz CT molecular complexity index is 813. The number of amides is 2. The van der Waals surface area contributed by atoms with Gasteiger partial charge in [-0.25, -0.2) is 0 Å². The van der Waals surface area contributed by atoms with Crippen LogP contribution in [0.25, 0.3) is 0 Å². The zero-order valence-electron chi connectivity index (χ0n) is 15.1. The molecule has 0 bridgehead atoms. The van der Waals surface area contributed by atoms with Crippen LogP contribution in [0.15, 0.2) is 42.5 Å². The molecule has 6 nitrogen and oxygen atoms in total. The number of carbonyl (C=O) groups excluding carboxylic acids is 3. The average Bonchev–Trinajstić information content (AvgIpc) is 2.58. The zero-order valence-corrected chi connectivity index (χ0v) is 15.1. The predicted molar refractivity (Wildman–Crippen MR) is 100.0 cm³/mol. The molecule has 2 rings (SSSR count). The fraction of sp³-hybridized carbons (Fsp3) is 0.250. The van der Waals surface area contributed by atoms with Crippen LogP contribution in [0, 0.1) is 13.8 Å². The summed E-state index contributed by atoms with van der Waals surface area (Å²) in [5.74, 6) is -1.05. The summed E-state index contributed by atoms with van der Waals surface area (Å²) < 4.78 is 5.02. The Labute approximate surface area is 152 Å². The summed E-state index contributed by atoms with van der Waals surface area (Å²) in [4.78, 5) is 34.7. The van der Waals surface area contributed by atoms with Gasteiger partial charge in [-0.15, -0.1) is 0 Å². The predicted octanol–water partition coefficient (Wildman–Crippen LogP) is 2.99. The Morgan fingerprint density at radius 1 is 0.885 bits per heavy atom. The zero-order chi connectivity index (χ0) is 19.1. The highest BCUT2D eigenvalue weighted by molar-refractivity contribution is 5.93. The first-order chi connectivity index (χ1) is 12.3.